The van der Waals surface area contributed by atoms with Gasteiger partial charge in [0, 0.05) is 32.4 Å². The number of methoxy groups -OCH3 is 2. The summed E-state index contributed by atoms with van der Waals surface area (Å²) in [4.78, 5) is 9.94. The molecule has 3 rings (SSSR count). The zero-order valence-corrected chi connectivity index (χ0v) is 20.0. The average molecular weight is 425 g/mol. The van der Waals surface area contributed by atoms with E-state index in [1.807, 2.05) is 0 Å². The van der Waals surface area contributed by atoms with Gasteiger partial charge in [-0.15, -0.1) is 0 Å². The lowest BCUT2D eigenvalue weighted by molar-refractivity contribution is 0.143. The maximum Gasteiger partial charge on any atom is 0.223 e. The minimum Gasteiger partial charge on any atom is -0.475 e. The zero-order chi connectivity index (χ0) is 22.5. The van der Waals surface area contributed by atoms with E-state index in [4.69, 9.17) is 24.2 Å². The minimum absolute atomic E-state index is 0.325. The molecule has 0 N–H and O–H groups in total. The van der Waals surface area contributed by atoms with Gasteiger partial charge in [0.2, 0.25) is 5.88 Å². The number of hydrogen-bond acceptors (Lipinski definition) is 5. The molecule has 1 aliphatic rings. The van der Waals surface area contributed by atoms with Crippen LogP contribution in [0.3, 0.4) is 0 Å². The summed E-state index contributed by atoms with van der Waals surface area (Å²) < 4.78 is 16.7. The van der Waals surface area contributed by atoms with E-state index in [0.29, 0.717) is 36.8 Å². The van der Waals surface area contributed by atoms with Crippen LogP contribution in [-0.2, 0) is 9.47 Å². The number of aromatic nitrogens is 2. The highest BCUT2D eigenvalue weighted by molar-refractivity contribution is 5.76. The second-order valence-electron chi connectivity index (χ2n) is 8.68. The Hall–Kier alpha value is -2.24. The molecule has 31 heavy (non-hydrogen) atoms. The third kappa shape index (κ3) is 4.99. The van der Waals surface area contributed by atoms with E-state index >= 15 is 0 Å². The number of rotatable bonds is 10. The van der Waals surface area contributed by atoms with Gasteiger partial charge in [0.15, 0.2) is 0 Å². The normalized spacial score (nSPS) is 16.4. The molecule has 0 bridgehead atoms. The van der Waals surface area contributed by atoms with Gasteiger partial charge in [-0.3, -0.25) is 0 Å². The van der Waals surface area contributed by atoms with E-state index in [1.54, 1.807) is 14.2 Å². The van der Waals surface area contributed by atoms with Crippen molar-refractivity contribution in [3.8, 4) is 17.1 Å². The number of allylic oxidation sites excluding steroid dienone is 2. The first kappa shape index (κ1) is 23.4. The Kier molecular flexibility index (Phi) is 7.84. The maximum atomic E-state index is 6.03. The van der Waals surface area contributed by atoms with Crippen LogP contribution in [0.5, 0.6) is 5.88 Å². The summed E-state index contributed by atoms with van der Waals surface area (Å²) in [5.41, 5.74) is 7.62. The van der Waals surface area contributed by atoms with Crippen LogP contribution < -0.4 is 4.74 Å². The summed E-state index contributed by atoms with van der Waals surface area (Å²) in [6.45, 7) is 12.5. The fourth-order valence-electron chi connectivity index (χ4n) is 4.28. The van der Waals surface area contributed by atoms with Crippen molar-refractivity contribution in [1.29, 1.82) is 0 Å². The highest BCUT2D eigenvalue weighted by atomic mass is 16.5. The van der Waals surface area contributed by atoms with E-state index in [2.05, 4.69) is 58.9 Å². The molecule has 2 heterocycles. The lowest BCUT2D eigenvalue weighted by Crippen LogP contribution is -2.15. The van der Waals surface area contributed by atoms with Crippen molar-refractivity contribution in [2.24, 2.45) is 5.92 Å². The van der Waals surface area contributed by atoms with Gasteiger partial charge in [-0.2, -0.15) is 0 Å². The van der Waals surface area contributed by atoms with Gasteiger partial charge in [0.1, 0.15) is 6.61 Å². The van der Waals surface area contributed by atoms with Gasteiger partial charge in [-0.1, -0.05) is 39.3 Å². The summed E-state index contributed by atoms with van der Waals surface area (Å²) in [6, 6.07) is 6.47. The average Bonchev–Trinajstić information content (AvgIpc) is 3.06. The van der Waals surface area contributed by atoms with E-state index in [0.717, 1.165) is 41.2 Å². The Morgan fingerprint density at radius 3 is 2.42 bits per heavy atom. The van der Waals surface area contributed by atoms with Crippen molar-refractivity contribution in [2.75, 3.05) is 34.0 Å². The van der Waals surface area contributed by atoms with Gasteiger partial charge in [-0.25, -0.2) is 9.97 Å². The van der Waals surface area contributed by atoms with Crippen molar-refractivity contribution in [2.45, 2.75) is 52.9 Å². The van der Waals surface area contributed by atoms with Crippen molar-refractivity contribution >= 4 is 5.57 Å². The summed E-state index contributed by atoms with van der Waals surface area (Å²) in [5, 5.41) is 0. The van der Waals surface area contributed by atoms with Crippen LogP contribution in [0.4, 0.5) is 0 Å². The number of nitrogens with zero attached hydrogens (tertiary/aromatic N) is 2. The molecule has 5 nitrogen and oxygen atoms in total. The third-order valence-corrected chi connectivity index (χ3v) is 6.07. The molecule has 2 atom stereocenters. The Morgan fingerprint density at radius 2 is 1.77 bits per heavy atom. The first-order valence-electron chi connectivity index (χ1n) is 11.2. The number of pyridine rings is 2. The molecular formula is C26H36N2O3. The van der Waals surface area contributed by atoms with Crippen molar-refractivity contribution in [1.82, 2.24) is 9.97 Å². The second kappa shape index (κ2) is 10.4. The first-order valence-corrected chi connectivity index (χ1v) is 11.2. The van der Waals surface area contributed by atoms with E-state index in [9.17, 15) is 0 Å². The van der Waals surface area contributed by atoms with Gasteiger partial charge in [-0.05, 0) is 54.5 Å². The van der Waals surface area contributed by atoms with Crippen LogP contribution >= 0.6 is 0 Å². The van der Waals surface area contributed by atoms with Gasteiger partial charge < -0.3 is 14.2 Å². The van der Waals surface area contributed by atoms with Crippen LogP contribution in [0.25, 0.3) is 16.8 Å². The molecule has 168 valence electrons. The molecule has 0 saturated heterocycles. The second-order valence-corrected chi connectivity index (χ2v) is 8.68. The summed E-state index contributed by atoms with van der Waals surface area (Å²) >= 11 is 0. The first-order chi connectivity index (χ1) is 14.9. The standard InChI is InChI=1S/C26H36N2O3/c1-8-19(15-30-7)21-13-17(4)25-22(21)14-18(5)24(28-25)20-9-10-23(16(2)3)27-26(20)31-12-11-29-6/h9-10,13-14,16,19,21H,8,11-12,15H2,1-7H3/t19-,21?/m1/s1. The molecule has 0 amide bonds. The molecule has 0 radical (unpaired) electrons. The van der Waals surface area contributed by atoms with Crippen LogP contribution in [0.1, 0.15) is 68.5 Å². The quantitative estimate of drug-likeness (QED) is 0.453. The van der Waals surface area contributed by atoms with Crippen LogP contribution in [0.2, 0.25) is 0 Å². The number of fused-ring (bicyclic) bond motifs is 1. The van der Waals surface area contributed by atoms with Crippen molar-refractivity contribution < 1.29 is 14.2 Å². The predicted molar refractivity (Wildman–Crippen MR) is 126 cm³/mol. The number of hydrogen-bond donors (Lipinski definition) is 0. The van der Waals surface area contributed by atoms with Gasteiger partial charge in [0.25, 0.3) is 0 Å². The Labute approximate surface area is 186 Å². The van der Waals surface area contributed by atoms with Gasteiger partial charge in [0.05, 0.1) is 23.6 Å². The molecule has 2 aromatic heterocycles. The molecule has 2 aromatic rings. The van der Waals surface area contributed by atoms with Crippen LogP contribution in [-0.4, -0.2) is 44.0 Å². The van der Waals surface area contributed by atoms with Crippen molar-refractivity contribution in [3.63, 3.8) is 0 Å². The third-order valence-electron chi connectivity index (χ3n) is 6.07. The lowest BCUT2D eigenvalue weighted by atomic mass is 9.86. The SMILES string of the molecule is CC[C@H](COC)C1C=C(C)c2nc(-c3ccc(C(C)C)nc3OCCOC)c(C)cc21. The Balaban J connectivity index is 2.05. The highest BCUT2D eigenvalue weighted by Gasteiger charge is 2.30. The molecule has 0 spiro atoms. The topological polar surface area (TPSA) is 53.5 Å². The van der Waals surface area contributed by atoms with Crippen LogP contribution in [0.15, 0.2) is 24.3 Å². The molecule has 0 fully saturated rings. The van der Waals surface area contributed by atoms with Crippen molar-refractivity contribution in [3.05, 3.63) is 46.8 Å². The van der Waals surface area contributed by atoms with E-state index in [1.165, 1.54) is 11.1 Å². The fraction of sp³-hybridized carbons (Fsp3) is 0.538. The highest BCUT2D eigenvalue weighted by Crippen LogP contribution is 2.43. The maximum absolute atomic E-state index is 6.03. The lowest BCUT2D eigenvalue weighted by Gasteiger charge is -2.22. The molecular weight excluding hydrogens is 388 g/mol. The van der Waals surface area contributed by atoms with E-state index < -0.39 is 0 Å². The molecule has 0 aliphatic heterocycles. The molecule has 1 unspecified atom stereocenters. The minimum atomic E-state index is 0.325. The number of ether oxygens (including phenoxy) is 3. The molecule has 1 aliphatic carbocycles. The largest absolute Gasteiger partial charge is 0.475 e. The molecule has 5 heteroatoms. The number of aryl methyl sites for hydroxylation is 1. The Morgan fingerprint density at radius 1 is 1.00 bits per heavy atom. The van der Waals surface area contributed by atoms with Crippen LogP contribution in [0, 0.1) is 12.8 Å². The monoisotopic (exact) mass is 424 g/mol. The van der Waals surface area contributed by atoms with E-state index in [-0.39, 0.29) is 0 Å². The summed E-state index contributed by atoms with van der Waals surface area (Å²) in [6.07, 6.45) is 3.42. The zero-order valence-electron chi connectivity index (χ0n) is 20.0. The summed E-state index contributed by atoms with van der Waals surface area (Å²) in [7, 11) is 3.45. The molecule has 0 saturated carbocycles. The van der Waals surface area contributed by atoms with Gasteiger partial charge >= 0.3 is 0 Å². The predicted octanol–water partition coefficient (Wildman–Crippen LogP) is 5.77. The Bertz CT molecular complexity index is 936. The summed E-state index contributed by atoms with van der Waals surface area (Å²) in [5.74, 6) is 1.75. The molecule has 0 aromatic carbocycles. The smallest absolute Gasteiger partial charge is 0.223 e. The fourth-order valence-corrected chi connectivity index (χ4v) is 4.28.